The summed E-state index contributed by atoms with van der Waals surface area (Å²) in [6.07, 6.45) is 7.74. The number of carbonyl (C=O) groups excluding carboxylic acids is 2. The number of amides is 2. The molecule has 1 aromatic rings. The Bertz CT molecular complexity index is 817. The van der Waals surface area contributed by atoms with E-state index in [1.54, 1.807) is 7.05 Å². The summed E-state index contributed by atoms with van der Waals surface area (Å²) in [6.45, 7) is 11.5. The summed E-state index contributed by atoms with van der Waals surface area (Å²) in [5.74, 6) is 0.331. The van der Waals surface area contributed by atoms with E-state index in [-0.39, 0.29) is 11.8 Å². The van der Waals surface area contributed by atoms with Crippen LogP contribution in [0, 0.1) is 5.41 Å². The zero-order valence-corrected chi connectivity index (χ0v) is 19.7. The van der Waals surface area contributed by atoms with Crippen molar-refractivity contribution in [1.82, 2.24) is 30.0 Å². The predicted molar refractivity (Wildman–Crippen MR) is 123 cm³/mol. The molecule has 2 N–H and O–H groups in total. The monoisotopic (exact) mass is 430 g/mol. The summed E-state index contributed by atoms with van der Waals surface area (Å²) < 4.78 is 2.17. The van der Waals surface area contributed by atoms with Gasteiger partial charge in [-0.2, -0.15) is 0 Å². The van der Waals surface area contributed by atoms with E-state index >= 15 is 0 Å². The minimum Gasteiger partial charge on any atom is -0.357 e. The van der Waals surface area contributed by atoms with Crippen molar-refractivity contribution in [3.05, 3.63) is 23.3 Å². The average molecular weight is 431 g/mol. The van der Waals surface area contributed by atoms with Crippen LogP contribution >= 0.6 is 0 Å². The molecule has 2 amide bonds. The Kier molecular flexibility index (Phi) is 7.54. The Morgan fingerprint density at radius 2 is 1.84 bits per heavy atom. The van der Waals surface area contributed by atoms with Gasteiger partial charge in [0.05, 0.1) is 5.69 Å². The summed E-state index contributed by atoms with van der Waals surface area (Å²) in [6, 6.07) is -0.639. The van der Waals surface area contributed by atoms with Gasteiger partial charge in [0.1, 0.15) is 11.9 Å². The molecule has 8 heteroatoms. The summed E-state index contributed by atoms with van der Waals surface area (Å²) in [4.78, 5) is 35.1. The average Bonchev–Trinajstić information content (AvgIpc) is 3.29. The number of aromatic nitrogens is 2. The molecule has 0 aliphatic carbocycles. The predicted octanol–water partition coefficient (Wildman–Crippen LogP) is 1.72. The summed E-state index contributed by atoms with van der Waals surface area (Å²) in [5.41, 5.74) is 0.928. The third kappa shape index (κ3) is 5.74. The first-order valence-corrected chi connectivity index (χ1v) is 11.4. The van der Waals surface area contributed by atoms with Gasteiger partial charge in [-0.15, -0.1) is 0 Å². The lowest BCUT2D eigenvalue weighted by Crippen LogP contribution is -2.53. The lowest BCUT2D eigenvalue weighted by atomic mass is 9.86. The van der Waals surface area contributed by atoms with Crippen molar-refractivity contribution in [2.24, 2.45) is 5.41 Å². The van der Waals surface area contributed by atoms with Gasteiger partial charge in [-0.1, -0.05) is 26.8 Å². The number of hydrogen-bond donors (Lipinski definition) is 2. The first-order valence-electron chi connectivity index (χ1n) is 11.4. The first-order chi connectivity index (χ1) is 14.7. The summed E-state index contributed by atoms with van der Waals surface area (Å²) in [7, 11) is 3.66. The molecule has 0 spiro atoms. The van der Waals surface area contributed by atoms with E-state index in [2.05, 4.69) is 38.1 Å². The zero-order chi connectivity index (χ0) is 22.6. The number of carbonyl (C=O) groups is 2. The van der Waals surface area contributed by atoms with Gasteiger partial charge < -0.3 is 20.1 Å². The Balaban J connectivity index is 1.87. The van der Waals surface area contributed by atoms with Crippen LogP contribution in [0.1, 0.15) is 62.0 Å². The largest absolute Gasteiger partial charge is 0.357 e. The van der Waals surface area contributed by atoms with Crippen LogP contribution in [-0.4, -0.2) is 77.5 Å². The van der Waals surface area contributed by atoms with Gasteiger partial charge in [-0.3, -0.25) is 14.5 Å². The molecule has 1 unspecified atom stereocenters. The van der Waals surface area contributed by atoms with E-state index in [9.17, 15) is 9.59 Å². The number of hydrogen-bond acceptors (Lipinski definition) is 5. The van der Waals surface area contributed by atoms with Crippen LogP contribution in [0.3, 0.4) is 0 Å². The van der Waals surface area contributed by atoms with E-state index < -0.39 is 11.5 Å². The normalized spacial score (nSPS) is 19.3. The second-order valence-electron chi connectivity index (χ2n) is 9.81. The number of nitrogens with zero attached hydrogens (tertiary/aromatic N) is 4. The van der Waals surface area contributed by atoms with Gasteiger partial charge in [0.15, 0.2) is 5.69 Å². The number of likely N-dealkylation sites (N-methyl/N-ethyl adjacent to an activating group) is 1. The van der Waals surface area contributed by atoms with Crippen molar-refractivity contribution < 1.29 is 9.59 Å². The second-order valence-corrected chi connectivity index (χ2v) is 9.81. The summed E-state index contributed by atoms with van der Waals surface area (Å²) >= 11 is 0. The van der Waals surface area contributed by atoms with Crippen LogP contribution in [0.15, 0.2) is 6.08 Å². The van der Waals surface area contributed by atoms with Crippen molar-refractivity contribution in [2.45, 2.75) is 59.2 Å². The minimum atomic E-state index is -0.639. The molecule has 2 aliphatic heterocycles. The molecule has 1 atom stereocenters. The van der Waals surface area contributed by atoms with E-state index in [1.807, 2.05) is 26.8 Å². The van der Waals surface area contributed by atoms with Crippen molar-refractivity contribution in [3.63, 3.8) is 0 Å². The molecule has 0 radical (unpaired) electrons. The van der Waals surface area contributed by atoms with Crippen LogP contribution in [-0.2, 0) is 17.9 Å². The molecule has 172 valence electrons. The molecule has 0 aromatic carbocycles. The fourth-order valence-corrected chi connectivity index (χ4v) is 4.35. The number of likely N-dealkylation sites (tertiary alicyclic amines) is 1. The molecule has 0 bridgehead atoms. The topological polar surface area (TPSA) is 82.5 Å². The minimum absolute atomic E-state index is 0.200. The van der Waals surface area contributed by atoms with Gasteiger partial charge in [-0.25, -0.2) is 4.98 Å². The SMILES string of the molecule is CNC(=O)C(NC(=O)c1nc(C=CCN2CCCC2)n2c1CN(C)CCC2)C(C)(C)C. The molecule has 0 saturated carbocycles. The molecule has 1 saturated heterocycles. The third-order valence-corrected chi connectivity index (χ3v) is 6.14. The maximum absolute atomic E-state index is 13.3. The highest BCUT2D eigenvalue weighted by Crippen LogP contribution is 2.23. The van der Waals surface area contributed by atoms with Crippen molar-refractivity contribution >= 4 is 17.9 Å². The fraction of sp³-hybridized carbons (Fsp3) is 0.696. The van der Waals surface area contributed by atoms with Gasteiger partial charge in [0.25, 0.3) is 5.91 Å². The van der Waals surface area contributed by atoms with Crippen molar-refractivity contribution in [2.75, 3.05) is 40.3 Å². The highest BCUT2D eigenvalue weighted by Gasteiger charge is 2.34. The molecule has 1 fully saturated rings. The molecule has 1 aromatic heterocycles. The maximum Gasteiger partial charge on any atom is 0.272 e. The molecule has 8 nitrogen and oxygen atoms in total. The Labute approximate surface area is 186 Å². The maximum atomic E-state index is 13.3. The van der Waals surface area contributed by atoms with Crippen molar-refractivity contribution in [1.29, 1.82) is 0 Å². The highest BCUT2D eigenvalue weighted by molar-refractivity contribution is 5.97. The molecule has 3 heterocycles. The number of rotatable bonds is 6. The zero-order valence-electron chi connectivity index (χ0n) is 19.7. The fourth-order valence-electron chi connectivity index (χ4n) is 4.35. The molecular formula is C23H38N6O2. The molecular weight excluding hydrogens is 392 g/mol. The summed E-state index contributed by atoms with van der Waals surface area (Å²) in [5, 5.41) is 5.61. The molecule has 2 aliphatic rings. The smallest absolute Gasteiger partial charge is 0.272 e. The number of nitrogens with one attached hydrogen (secondary N) is 2. The van der Waals surface area contributed by atoms with Crippen LogP contribution in [0.5, 0.6) is 0 Å². The highest BCUT2D eigenvalue weighted by atomic mass is 16.2. The van der Waals surface area contributed by atoms with E-state index in [0.29, 0.717) is 12.2 Å². The lowest BCUT2D eigenvalue weighted by Gasteiger charge is -2.29. The van der Waals surface area contributed by atoms with Crippen LogP contribution in [0.25, 0.3) is 6.08 Å². The van der Waals surface area contributed by atoms with Crippen LogP contribution in [0.2, 0.25) is 0 Å². The van der Waals surface area contributed by atoms with Gasteiger partial charge >= 0.3 is 0 Å². The van der Waals surface area contributed by atoms with Crippen LogP contribution in [0.4, 0.5) is 0 Å². The van der Waals surface area contributed by atoms with E-state index in [1.165, 1.54) is 12.8 Å². The molecule has 31 heavy (non-hydrogen) atoms. The van der Waals surface area contributed by atoms with E-state index in [0.717, 1.165) is 50.7 Å². The first kappa shape index (κ1) is 23.5. The van der Waals surface area contributed by atoms with Gasteiger partial charge in [0, 0.05) is 26.7 Å². The Morgan fingerprint density at radius 1 is 1.13 bits per heavy atom. The Hall–Kier alpha value is -2.19. The third-order valence-electron chi connectivity index (χ3n) is 6.14. The van der Waals surface area contributed by atoms with E-state index in [4.69, 9.17) is 4.98 Å². The standard InChI is InChI=1S/C23H38N6O2/c1-23(2,3)20(22(31)24-4)26-21(30)19-17-16-27(5)11-9-15-29(17)18(25-19)10-8-14-28-12-6-7-13-28/h8,10,20H,6-7,9,11-16H2,1-5H3,(H,24,31)(H,26,30). The second kappa shape index (κ2) is 9.96. The lowest BCUT2D eigenvalue weighted by molar-refractivity contribution is -0.124. The quantitative estimate of drug-likeness (QED) is 0.718. The Morgan fingerprint density at radius 3 is 2.48 bits per heavy atom. The van der Waals surface area contributed by atoms with Gasteiger partial charge in [0.2, 0.25) is 5.91 Å². The van der Waals surface area contributed by atoms with Gasteiger partial charge in [-0.05, 0) is 57.4 Å². The molecule has 3 rings (SSSR count). The number of imidazole rings is 1. The number of fused-ring (bicyclic) bond motifs is 1. The van der Waals surface area contributed by atoms with Crippen molar-refractivity contribution in [3.8, 4) is 0 Å². The van der Waals surface area contributed by atoms with Crippen LogP contribution < -0.4 is 10.6 Å².